The molecule has 1 aromatic rings. The molecular weight excluding hydrogens is 182 g/mol. The van der Waals surface area contributed by atoms with Crippen molar-refractivity contribution in [2.75, 3.05) is 18.5 Å². The first-order chi connectivity index (χ1) is 6.65. The van der Waals surface area contributed by atoms with Gasteiger partial charge < -0.3 is 10.6 Å². The number of carbonyl (C=O) groups is 1. The monoisotopic (exact) mass is 191 g/mol. The first-order valence-electron chi connectivity index (χ1n) is 3.85. The van der Waals surface area contributed by atoms with Gasteiger partial charge in [0, 0.05) is 19.4 Å². The summed E-state index contributed by atoms with van der Waals surface area (Å²) >= 11 is 0. The van der Waals surface area contributed by atoms with Crippen LogP contribution in [-0.2, 0) is 4.79 Å². The van der Waals surface area contributed by atoms with Gasteiger partial charge in [0.15, 0.2) is 11.5 Å². The van der Waals surface area contributed by atoms with E-state index in [1.807, 2.05) is 6.07 Å². The molecule has 72 valence electrons. The Morgan fingerprint density at radius 1 is 1.64 bits per heavy atom. The van der Waals surface area contributed by atoms with Gasteiger partial charge in [0.05, 0.1) is 6.54 Å². The minimum absolute atomic E-state index is 0.00731. The van der Waals surface area contributed by atoms with Crippen molar-refractivity contribution in [3.05, 3.63) is 18.1 Å². The molecular formula is C8H9N5O. The van der Waals surface area contributed by atoms with Crippen LogP contribution in [0.5, 0.6) is 0 Å². The van der Waals surface area contributed by atoms with Gasteiger partial charge >= 0.3 is 0 Å². The average molecular weight is 191 g/mol. The maximum Gasteiger partial charge on any atom is 0.236 e. The molecule has 0 fully saturated rings. The van der Waals surface area contributed by atoms with Crippen molar-refractivity contribution in [2.24, 2.45) is 5.73 Å². The van der Waals surface area contributed by atoms with Crippen LogP contribution < -0.4 is 10.6 Å². The zero-order valence-electron chi connectivity index (χ0n) is 7.64. The zero-order chi connectivity index (χ0) is 10.6. The maximum absolute atomic E-state index is 10.6. The fourth-order valence-corrected chi connectivity index (χ4v) is 0.998. The van der Waals surface area contributed by atoms with Crippen molar-refractivity contribution in [1.82, 2.24) is 9.97 Å². The molecule has 1 aromatic heterocycles. The third-order valence-electron chi connectivity index (χ3n) is 1.54. The molecule has 0 bridgehead atoms. The van der Waals surface area contributed by atoms with E-state index in [4.69, 9.17) is 11.0 Å². The topological polar surface area (TPSA) is 95.9 Å². The van der Waals surface area contributed by atoms with Crippen LogP contribution >= 0.6 is 0 Å². The van der Waals surface area contributed by atoms with Gasteiger partial charge in [-0.05, 0) is 0 Å². The minimum Gasteiger partial charge on any atom is -0.368 e. The molecule has 0 saturated heterocycles. The third-order valence-corrected chi connectivity index (χ3v) is 1.54. The smallest absolute Gasteiger partial charge is 0.236 e. The van der Waals surface area contributed by atoms with Crippen molar-refractivity contribution in [1.29, 1.82) is 5.26 Å². The Morgan fingerprint density at radius 2 is 2.29 bits per heavy atom. The Morgan fingerprint density at radius 3 is 2.86 bits per heavy atom. The summed E-state index contributed by atoms with van der Waals surface area (Å²) in [5.41, 5.74) is 5.19. The lowest BCUT2D eigenvalue weighted by Crippen LogP contribution is -2.31. The molecule has 0 radical (unpaired) electrons. The van der Waals surface area contributed by atoms with E-state index in [0.717, 1.165) is 0 Å². The van der Waals surface area contributed by atoms with Crippen LogP contribution in [-0.4, -0.2) is 29.5 Å². The summed E-state index contributed by atoms with van der Waals surface area (Å²) in [6.07, 6.45) is 2.87. The van der Waals surface area contributed by atoms with E-state index in [9.17, 15) is 4.79 Å². The van der Waals surface area contributed by atoms with Gasteiger partial charge in [0.2, 0.25) is 5.91 Å². The van der Waals surface area contributed by atoms with Crippen LogP contribution in [0.4, 0.5) is 5.82 Å². The highest BCUT2D eigenvalue weighted by molar-refractivity contribution is 5.79. The van der Waals surface area contributed by atoms with E-state index in [2.05, 4.69) is 9.97 Å². The van der Waals surface area contributed by atoms with Crippen molar-refractivity contribution in [3.8, 4) is 6.07 Å². The number of anilines is 1. The highest BCUT2D eigenvalue weighted by atomic mass is 16.1. The fourth-order valence-electron chi connectivity index (χ4n) is 0.998. The number of nitrogens with zero attached hydrogens (tertiary/aromatic N) is 4. The molecule has 0 saturated carbocycles. The van der Waals surface area contributed by atoms with Crippen molar-refractivity contribution >= 4 is 11.7 Å². The molecule has 1 rings (SSSR count). The number of rotatable bonds is 3. The second-order valence-corrected chi connectivity index (χ2v) is 2.66. The fraction of sp³-hybridized carbons (Fsp3) is 0.250. The first-order valence-corrected chi connectivity index (χ1v) is 3.85. The number of primary amides is 1. The number of hydrogen-bond donors (Lipinski definition) is 1. The molecule has 2 N–H and O–H groups in total. The lowest BCUT2D eigenvalue weighted by atomic mass is 10.4. The summed E-state index contributed by atoms with van der Waals surface area (Å²) < 4.78 is 0. The van der Waals surface area contributed by atoms with E-state index in [0.29, 0.717) is 5.82 Å². The normalized spacial score (nSPS) is 9.14. The predicted molar refractivity (Wildman–Crippen MR) is 49.2 cm³/mol. The van der Waals surface area contributed by atoms with E-state index < -0.39 is 5.91 Å². The Kier molecular flexibility index (Phi) is 2.97. The molecule has 14 heavy (non-hydrogen) atoms. The summed E-state index contributed by atoms with van der Waals surface area (Å²) in [5.74, 6) is -0.129. The van der Waals surface area contributed by atoms with Crippen LogP contribution in [0.25, 0.3) is 0 Å². The van der Waals surface area contributed by atoms with Crippen LogP contribution in [0.3, 0.4) is 0 Å². The number of nitriles is 1. The largest absolute Gasteiger partial charge is 0.368 e. The number of likely N-dealkylation sites (N-methyl/N-ethyl adjacent to an activating group) is 1. The molecule has 0 aliphatic carbocycles. The van der Waals surface area contributed by atoms with E-state index in [1.54, 1.807) is 7.05 Å². The summed E-state index contributed by atoms with van der Waals surface area (Å²) in [5, 5.41) is 8.71. The van der Waals surface area contributed by atoms with Gasteiger partial charge in [-0.15, -0.1) is 0 Å². The Bertz CT molecular complexity index is 384. The average Bonchev–Trinajstić information content (AvgIpc) is 2.16. The predicted octanol–water partition coefficient (Wildman–Crippen LogP) is -0.730. The lowest BCUT2D eigenvalue weighted by molar-refractivity contribution is -0.116. The lowest BCUT2D eigenvalue weighted by Gasteiger charge is -2.15. The summed E-state index contributed by atoms with van der Waals surface area (Å²) in [6.45, 7) is 0.00731. The zero-order valence-corrected chi connectivity index (χ0v) is 7.64. The quantitative estimate of drug-likeness (QED) is 0.679. The minimum atomic E-state index is -0.484. The Labute approximate surface area is 81.0 Å². The molecule has 0 unspecified atom stereocenters. The third kappa shape index (κ3) is 2.17. The van der Waals surface area contributed by atoms with E-state index in [-0.39, 0.29) is 12.2 Å². The number of aromatic nitrogens is 2. The second-order valence-electron chi connectivity index (χ2n) is 2.66. The van der Waals surface area contributed by atoms with Crippen LogP contribution in [0.15, 0.2) is 12.4 Å². The molecule has 0 aliphatic rings. The van der Waals surface area contributed by atoms with Crippen molar-refractivity contribution in [2.45, 2.75) is 0 Å². The molecule has 1 heterocycles. The van der Waals surface area contributed by atoms with Gasteiger partial charge in [0.1, 0.15) is 6.07 Å². The number of amides is 1. The number of carbonyl (C=O) groups excluding carboxylic acids is 1. The van der Waals surface area contributed by atoms with Crippen molar-refractivity contribution < 1.29 is 4.79 Å². The van der Waals surface area contributed by atoms with E-state index in [1.165, 1.54) is 17.3 Å². The van der Waals surface area contributed by atoms with Gasteiger partial charge in [-0.1, -0.05) is 0 Å². The van der Waals surface area contributed by atoms with Crippen LogP contribution in [0, 0.1) is 11.3 Å². The van der Waals surface area contributed by atoms with E-state index >= 15 is 0 Å². The number of hydrogen-bond acceptors (Lipinski definition) is 5. The maximum atomic E-state index is 10.6. The second kappa shape index (κ2) is 4.18. The molecule has 6 heteroatoms. The van der Waals surface area contributed by atoms with Crippen LogP contribution in [0.1, 0.15) is 5.69 Å². The van der Waals surface area contributed by atoms with Crippen molar-refractivity contribution in [3.63, 3.8) is 0 Å². The molecule has 6 nitrogen and oxygen atoms in total. The summed E-state index contributed by atoms with van der Waals surface area (Å²) in [4.78, 5) is 19.9. The van der Waals surface area contributed by atoms with Gasteiger partial charge in [-0.25, -0.2) is 9.97 Å². The van der Waals surface area contributed by atoms with Gasteiger partial charge in [0.25, 0.3) is 0 Å². The molecule has 1 amide bonds. The summed E-state index contributed by atoms with van der Waals surface area (Å²) in [6, 6.07) is 1.88. The molecule has 0 aromatic carbocycles. The van der Waals surface area contributed by atoms with Crippen LogP contribution in [0.2, 0.25) is 0 Å². The molecule has 0 atom stereocenters. The van der Waals surface area contributed by atoms with Gasteiger partial charge in [-0.2, -0.15) is 5.26 Å². The highest BCUT2D eigenvalue weighted by Gasteiger charge is 2.10. The highest BCUT2D eigenvalue weighted by Crippen LogP contribution is 2.10. The molecule has 0 aliphatic heterocycles. The first kappa shape index (κ1) is 9.92. The Balaban J connectivity index is 2.95. The molecule has 0 spiro atoms. The van der Waals surface area contributed by atoms with Gasteiger partial charge in [-0.3, -0.25) is 4.79 Å². The summed E-state index contributed by atoms with van der Waals surface area (Å²) in [7, 11) is 1.62. The number of nitrogens with two attached hydrogens (primary N) is 1. The Hall–Kier alpha value is -2.16. The SMILES string of the molecule is CN(CC(N)=O)c1nccnc1C#N. The standard InChI is InChI=1S/C8H9N5O/c1-13(5-7(10)14)8-6(4-9)11-2-3-12-8/h2-3H,5H2,1H3,(H2,10,14).